The molecule has 1 N–H and O–H groups in total. The number of anilines is 1. The van der Waals surface area contributed by atoms with Crippen molar-refractivity contribution < 1.29 is 18.7 Å². The number of urea groups is 1. The minimum Gasteiger partial charge on any atom is -0.494 e. The Hall–Kier alpha value is -3.43. The normalized spacial score (nSPS) is 19.5. The third-order valence-corrected chi connectivity index (χ3v) is 8.50. The number of rotatable bonds is 7. The molecule has 0 saturated carbocycles. The van der Waals surface area contributed by atoms with Gasteiger partial charge in [-0.15, -0.1) is 11.3 Å². The number of nitrogens with one attached hydrogen (secondary N) is 1. The van der Waals surface area contributed by atoms with Gasteiger partial charge >= 0.3 is 6.03 Å². The summed E-state index contributed by atoms with van der Waals surface area (Å²) < 4.78 is 19.5. The molecule has 7 nitrogen and oxygen atoms in total. The Balaban J connectivity index is 1.16. The van der Waals surface area contributed by atoms with Gasteiger partial charge in [0.1, 0.15) is 11.6 Å². The summed E-state index contributed by atoms with van der Waals surface area (Å²) in [4.78, 5) is 33.4. The van der Waals surface area contributed by atoms with Crippen molar-refractivity contribution in [1.29, 1.82) is 0 Å². The van der Waals surface area contributed by atoms with Gasteiger partial charge in [-0.3, -0.25) is 9.69 Å². The van der Waals surface area contributed by atoms with Crippen LogP contribution in [0.4, 0.5) is 14.9 Å². The standard InChI is InChI=1S/C30H35FN4O3S/c1-3-38-25-9-7-24(8-10-25)32-30(37)35-17-16-34(20-21(35)2)28(36)12-15-33-14-11-27-26(13-18-39-27)29(33)22-5-4-6-23(31)19-22/h4-10,13,18-19,21,29H,3,11-12,14-17,20H2,1-2H3,(H,32,37)/t21-,29-/m0/s1. The molecule has 1 fully saturated rings. The van der Waals surface area contributed by atoms with Crippen molar-refractivity contribution in [3.05, 3.63) is 81.8 Å². The molecule has 3 aromatic rings. The van der Waals surface area contributed by atoms with Crippen LogP contribution in [0.25, 0.3) is 0 Å². The van der Waals surface area contributed by atoms with Crippen molar-refractivity contribution in [1.82, 2.24) is 14.7 Å². The summed E-state index contributed by atoms with van der Waals surface area (Å²) in [5.41, 5.74) is 2.84. The zero-order valence-corrected chi connectivity index (χ0v) is 23.3. The second-order valence-electron chi connectivity index (χ2n) is 10.1. The van der Waals surface area contributed by atoms with Crippen LogP contribution in [0.3, 0.4) is 0 Å². The molecule has 206 valence electrons. The quantitative estimate of drug-likeness (QED) is 0.429. The number of halogens is 1. The van der Waals surface area contributed by atoms with E-state index in [1.807, 2.05) is 49.1 Å². The minimum atomic E-state index is -0.246. The van der Waals surface area contributed by atoms with Crippen LogP contribution in [0.5, 0.6) is 5.75 Å². The number of hydrogen-bond donors (Lipinski definition) is 1. The van der Waals surface area contributed by atoms with Crippen molar-refractivity contribution in [2.75, 3.05) is 44.6 Å². The predicted octanol–water partition coefficient (Wildman–Crippen LogP) is 5.39. The van der Waals surface area contributed by atoms with E-state index in [1.165, 1.54) is 16.5 Å². The van der Waals surface area contributed by atoms with Crippen LogP contribution >= 0.6 is 11.3 Å². The van der Waals surface area contributed by atoms with Gasteiger partial charge in [-0.05, 0) is 79.2 Å². The second-order valence-corrected chi connectivity index (χ2v) is 11.1. The molecule has 1 aromatic heterocycles. The molecule has 2 aromatic carbocycles. The highest BCUT2D eigenvalue weighted by Crippen LogP contribution is 2.38. The lowest BCUT2D eigenvalue weighted by Crippen LogP contribution is -2.56. The molecule has 0 spiro atoms. The smallest absolute Gasteiger partial charge is 0.322 e. The summed E-state index contributed by atoms with van der Waals surface area (Å²) in [7, 11) is 0. The Bertz CT molecular complexity index is 1300. The van der Waals surface area contributed by atoms with Crippen molar-refractivity contribution in [2.24, 2.45) is 0 Å². The molecular formula is C30H35FN4O3S. The maximum absolute atomic E-state index is 14.1. The molecule has 0 radical (unpaired) electrons. The first-order chi connectivity index (χ1) is 18.9. The lowest BCUT2D eigenvalue weighted by molar-refractivity contribution is -0.134. The highest BCUT2D eigenvalue weighted by atomic mass is 32.1. The maximum Gasteiger partial charge on any atom is 0.322 e. The topological polar surface area (TPSA) is 65.1 Å². The van der Waals surface area contributed by atoms with E-state index in [9.17, 15) is 14.0 Å². The number of thiophene rings is 1. The lowest BCUT2D eigenvalue weighted by atomic mass is 9.93. The predicted molar refractivity (Wildman–Crippen MR) is 152 cm³/mol. The first-order valence-electron chi connectivity index (χ1n) is 13.6. The molecular weight excluding hydrogens is 515 g/mol. The van der Waals surface area contributed by atoms with E-state index in [-0.39, 0.29) is 29.8 Å². The molecule has 3 amide bonds. The van der Waals surface area contributed by atoms with E-state index in [4.69, 9.17) is 4.74 Å². The van der Waals surface area contributed by atoms with Crippen molar-refractivity contribution >= 4 is 29.0 Å². The number of carbonyl (C=O) groups excluding carboxylic acids is 2. The van der Waals surface area contributed by atoms with Crippen molar-refractivity contribution in [2.45, 2.75) is 38.8 Å². The molecule has 0 aliphatic carbocycles. The third-order valence-electron chi connectivity index (χ3n) is 7.50. The molecule has 39 heavy (non-hydrogen) atoms. The summed E-state index contributed by atoms with van der Waals surface area (Å²) in [6.07, 6.45) is 1.32. The van der Waals surface area contributed by atoms with Crippen LogP contribution in [0, 0.1) is 5.82 Å². The minimum absolute atomic E-state index is 0.0504. The molecule has 9 heteroatoms. The number of fused-ring (bicyclic) bond motifs is 1. The van der Waals surface area contributed by atoms with E-state index >= 15 is 0 Å². The Morgan fingerprint density at radius 3 is 2.67 bits per heavy atom. The molecule has 1 saturated heterocycles. The fraction of sp³-hybridized carbons (Fsp3) is 0.400. The van der Waals surface area contributed by atoms with Gasteiger partial charge in [0.2, 0.25) is 5.91 Å². The number of amides is 3. The number of carbonyl (C=O) groups is 2. The largest absolute Gasteiger partial charge is 0.494 e. The van der Waals surface area contributed by atoms with Gasteiger partial charge in [0.15, 0.2) is 0 Å². The molecule has 5 rings (SSSR count). The Morgan fingerprint density at radius 2 is 1.92 bits per heavy atom. The SMILES string of the molecule is CCOc1ccc(NC(=O)N2CCN(C(=O)CCN3CCc4sccc4[C@@H]3c3cccc(F)c3)C[C@@H]2C)cc1. The summed E-state index contributed by atoms with van der Waals surface area (Å²) in [5.74, 6) is 0.602. The third kappa shape index (κ3) is 6.25. The van der Waals surface area contributed by atoms with Gasteiger partial charge < -0.3 is 19.9 Å². The highest BCUT2D eigenvalue weighted by molar-refractivity contribution is 7.10. The van der Waals surface area contributed by atoms with Crippen molar-refractivity contribution in [3.8, 4) is 5.75 Å². The number of hydrogen-bond acceptors (Lipinski definition) is 5. The van der Waals surface area contributed by atoms with Gasteiger partial charge in [-0.2, -0.15) is 0 Å². The summed E-state index contributed by atoms with van der Waals surface area (Å²) in [6.45, 7) is 7.40. The van der Waals surface area contributed by atoms with E-state index in [0.717, 1.165) is 24.3 Å². The monoisotopic (exact) mass is 550 g/mol. The molecule has 2 atom stereocenters. The Kier molecular flexibility index (Phi) is 8.47. The van der Waals surface area contributed by atoms with E-state index in [0.29, 0.717) is 44.9 Å². The maximum atomic E-state index is 14.1. The van der Waals surface area contributed by atoms with Gasteiger partial charge in [0.05, 0.1) is 12.6 Å². The zero-order chi connectivity index (χ0) is 27.4. The van der Waals surface area contributed by atoms with Crippen LogP contribution in [-0.2, 0) is 11.2 Å². The number of benzene rings is 2. The summed E-state index contributed by atoms with van der Waals surface area (Å²) in [6, 6.07) is 15.9. The van der Waals surface area contributed by atoms with Crippen LogP contribution in [0.2, 0.25) is 0 Å². The van der Waals surface area contributed by atoms with Crippen LogP contribution in [-0.4, -0.2) is 72.0 Å². The number of ether oxygens (including phenoxy) is 1. The first kappa shape index (κ1) is 27.1. The second kappa shape index (κ2) is 12.2. The van der Waals surface area contributed by atoms with Gasteiger partial charge in [0.25, 0.3) is 0 Å². The zero-order valence-electron chi connectivity index (χ0n) is 22.4. The van der Waals surface area contributed by atoms with Crippen LogP contribution in [0.1, 0.15) is 42.3 Å². The van der Waals surface area contributed by atoms with E-state index in [2.05, 4.69) is 21.7 Å². The fourth-order valence-electron chi connectivity index (χ4n) is 5.56. The number of nitrogens with zero attached hydrogens (tertiary/aromatic N) is 3. The first-order valence-corrected chi connectivity index (χ1v) is 14.4. The Morgan fingerprint density at radius 1 is 1.10 bits per heavy atom. The lowest BCUT2D eigenvalue weighted by Gasteiger charge is -2.40. The molecule has 3 heterocycles. The molecule has 0 unspecified atom stereocenters. The molecule has 2 aliphatic rings. The fourth-order valence-corrected chi connectivity index (χ4v) is 6.46. The van der Waals surface area contributed by atoms with Gasteiger partial charge in [-0.25, -0.2) is 9.18 Å². The highest BCUT2D eigenvalue weighted by Gasteiger charge is 2.32. The summed E-state index contributed by atoms with van der Waals surface area (Å²) >= 11 is 1.74. The summed E-state index contributed by atoms with van der Waals surface area (Å²) in [5, 5.41) is 5.05. The van der Waals surface area contributed by atoms with Crippen LogP contribution in [0.15, 0.2) is 60.0 Å². The average molecular weight is 551 g/mol. The van der Waals surface area contributed by atoms with Gasteiger partial charge in [-0.1, -0.05) is 12.1 Å². The van der Waals surface area contributed by atoms with E-state index < -0.39 is 0 Å². The molecule has 2 aliphatic heterocycles. The average Bonchev–Trinajstić information content (AvgIpc) is 3.41. The number of piperazine rings is 1. The molecule has 0 bridgehead atoms. The van der Waals surface area contributed by atoms with E-state index in [1.54, 1.807) is 28.4 Å². The Labute approximate surface area is 233 Å². The van der Waals surface area contributed by atoms with Crippen LogP contribution < -0.4 is 10.1 Å². The van der Waals surface area contributed by atoms with Gasteiger partial charge in [0, 0.05) is 55.8 Å². The van der Waals surface area contributed by atoms with Crippen molar-refractivity contribution in [3.63, 3.8) is 0 Å².